The molecule has 3 heterocycles. The zero-order valence-electron chi connectivity index (χ0n) is 15.9. The van der Waals surface area contributed by atoms with E-state index in [2.05, 4.69) is 21.9 Å². The molecular weight excluding hydrogens is 378 g/mol. The first-order valence-corrected chi connectivity index (χ1v) is 10.0. The van der Waals surface area contributed by atoms with Crippen LogP contribution in [0.2, 0.25) is 0 Å². The van der Waals surface area contributed by atoms with Crippen LogP contribution in [-0.2, 0) is 17.6 Å². The molecule has 4 rings (SSSR count). The number of hydrogen-bond acceptors (Lipinski definition) is 7. The number of aromatic nitrogens is 3. The Hall–Kier alpha value is -2.74. The predicted molar refractivity (Wildman–Crippen MR) is 106 cm³/mol. The van der Waals surface area contributed by atoms with E-state index in [0.717, 1.165) is 24.8 Å². The minimum absolute atomic E-state index is 0.166. The van der Waals surface area contributed by atoms with Gasteiger partial charge in [-0.05, 0) is 43.7 Å². The fourth-order valence-electron chi connectivity index (χ4n) is 3.46. The first kappa shape index (κ1) is 18.6. The Morgan fingerprint density at radius 1 is 1.39 bits per heavy atom. The second-order valence-corrected chi connectivity index (χ2v) is 8.20. The highest BCUT2D eigenvalue weighted by molar-refractivity contribution is 7.18. The highest BCUT2D eigenvalue weighted by atomic mass is 32.1. The van der Waals surface area contributed by atoms with E-state index in [-0.39, 0.29) is 5.56 Å². The van der Waals surface area contributed by atoms with Gasteiger partial charge < -0.3 is 14.5 Å². The minimum atomic E-state index is -0.690. The van der Waals surface area contributed by atoms with Crippen LogP contribution >= 0.6 is 11.3 Å². The summed E-state index contributed by atoms with van der Waals surface area (Å²) in [5, 5.41) is 0.688. The summed E-state index contributed by atoms with van der Waals surface area (Å²) in [6, 6.07) is 3.17. The fraction of sp³-hybridized carbons (Fsp3) is 0.400. The van der Waals surface area contributed by atoms with E-state index in [4.69, 9.17) is 9.47 Å². The number of fused-ring (bicyclic) bond motifs is 3. The lowest BCUT2D eigenvalue weighted by Crippen LogP contribution is -2.18. The van der Waals surface area contributed by atoms with Crippen LogP contribution in [0.4, 0.5) is 0 Å². The topological polar surface area (TPSA) is 94.2 Å². The van der Waals surface area contributed by atoms with Gasteiger partial charge >= 0.3 is 5.97 Å². The summed E-state index contributed by atoms with van der Waals surface area (Å²) in [5.41, 5.74) is 1.27. The van der Waals surface area contributed by atoms with Gasteiger partial charge in [0.25, 0.3) is 5.56 Å². The number of nitrogens with zero attached hydrogens (tertiary/aromatic N) is 2. The number of pyridine rings is 1. The summed E-state index contributed by atoms with van der Waals surface area (Å²) in [5.74, 6) is 0.845. The van der Waals surface area contributed by atoms with Gasteiger partial charge in [0.05, 0.1) is 18.1 Å². The molecule has 2 atom stereocenters. The van der Waals surface area contributed by atoms with E-state index in [1.54, 1.807) is 30.4 Å². The molecule has 28 heavy (non-hydrogen) atoms. The van der Waals surface area contributed by atoms with Crippen LogP contribution in [-0.4, -0.2) is 28.0 Å². The molecule has 0 fully saturated rings. The third-order valence-corrected chi connectivity index (χ3v) is 6.18. The SMILES string of the molecule is COc1ccc(C(=O)O[C@H](C)c2nc3sc4c(c3c(=O)[nH]2)CC[C@H](C)C4)cn1. The zero-order chi connectivity index (χ0) is 19.8. The van der Waals surface area contributed by atoms with Gasteiger partial charge in [0.15, 0.2) is 11.9 Å². The number of rotatable bonds is 4. The molecule has 0 radical (unpaired) electrons. The fourth-order valence-corrected chi connectivity index (χ4v) is 4.85. The number of aromatic amines is 1. The van der Waals surface area contributed by atoms with Crippen LogP contribution in [0.25, 0.3) is 10.2 Å². The first-order valence-electron chi connectivity index (χ1n) is 9.21. The van der Waals surface area contributed by atoms with Gasteiger partial charge in [-0.2, -0.15) is 0 Å². The van der Waals surface area contributed by atoms with E-state index in [9.17, 15) is 9.59 Å². The maximum atomic E-state index is 12.7. The van der Waals surface area contributed by atoms with Crippen molar-refractivity contribution in [3.05, 3.63) is 50.5 Å². The van der Waals surface area contributed by atoms with E-state index >= 15 is 0 Å². The van der Waals surface area contributed by atoms with Gasteiger partial charge in [0, 0.05) is 17.1 Å². The monoisotopic (exact) mass is 399 g/mol. The van der Waals surface area contributed by atoms with Crippen molar-refractivity contribution in [2.45, 2.75) is 39.2 Å². The van der Waals surface area contributed by atoms with Gasteiger partial charge in [0.2, 0.25) is 5.88 Å². The normalized spacial score (nSPS) is 17.2. The quantitative estimate of drug-likeness (QED) is 0.676. The number of hydrogen-bond donors (Lipinski definition) is 1. The molecule has 8 heteroatoms. The average molecular weight is 399 g/mol. The van der Waals surface area contributed by atoms with Gasteiger partial charge in [-0.1, -0.05) is 6.92 Å². The lowest BCUT2D eigenvalue weighted by molar-refractivity contribution is 0.0319. The standard InChI is InChI=1S/C20H21N3O4S/c1-10-4-6-13-14(8-10)28-19-16(13)18(24)22-17(23-19)11(2)27-20(25)12-5-7-15(26-3)21-9-12/h5,7,9-11H,4,6,8H2,1-3H3,(H,22,23,24)/t10-,11+/m0/s1. The van der Waals surface area contributed by atoms with Gasteiger partial charge in [0.1, 0.15) is 4.83 Å². The maximum Gasteiger partial charge on any atom is 0.340 e. The summed E-state index contributed by atoms with van der Waals surface area (Å²) in [4.78, 5) is 38.4. The number of esters is 1. The molecule has 0 unspecified atom stereocenters. The Labute approximate surface area is 165 Å². The molecule has 0 saturated carbocycles. The Morgan fingerprint density at radius 3 is 2.93 bits per heavy atom. The van der Waals surface area contributed by atoms with Crippen molar-refractivity contribution < 1.29 is 14.3 Å². The Bertz CT molecular complexity index is 1090. The molecule has 0 spiro atoms. The maximum absolute atomic E-state index is 12.7. The molecule has 3 aromatic rings. The van der Waals surface area contributed by atoms with Crippen molar-refractivity contribution in [3.8, 4) is 5.88 Å². The van der Waals surface area contributed by atoms with Crippen molar-refractivity contribution in [2.75, 3.05) is 7.11 Å². The lowest BCUT2D eigenvalue weighted by atomic mass is 9.89. The summed E-state index contributed by atoms with van der Waals surface area (Å²) < 4.78 is 10.5. The third kappa shape index (κ3) is 3.40. The van der Waals surface area contributed by atoms with Crippen molar-refractivity contribution in [2.24, 2.45) is 5.92 Å². The van der Waals surface area contributed by atoms with Crippen LogP contribution in [0.1, 0.15) is 53.0 Å². The predicted octanol–water partition coefficient (Wildman–Crippen LogP) is 3.43. The zero-order valence-corrected chi connectivity index (χ0v) is 16.8. The number of thiophene rings is 1. The van der Waals surface area contributed by atoms with Crippen LogP contribution < -0.4 is 10.3 Å². The highest BCUT2D eigenvalue weighted by Crippen LogP contribution is 2.36. The van der Waals surface area contributed by atoms with E-state index in [1.165, 1.54) is 18.2 Å². The molecular formula is C20H21N3O4S. The summed E-state index contributed by atoms with van der Waals surface area (Å²) in [6.07, 6.45) is 3.69. The smallest absolute Gasteiger partial charge is 0.340 e. The number of ether oxygens (including phenoxy) is 2. The summed E-state index contributed by atoms with van der Waals surface area (Å²) >= 11 is 1.57. The number of aryl methyl sites for hydroxylation is 1. The van der Waals surface area contributed by atoms with Gasteiger partial charge in [-0.3, -0.25) is 4.79 Å². The first-order chi connectivity index (χ1) is 13.5. The Balaban J connectivity index is 1.59. The second kappa shape index (κ2) is 7.35. The van der Waals surface area contributed by atoms with Gasteiger partial charge in [-0.25, -0.2) is 14.8 Å². The molecule has 3 aromatic heterocycles. The molecule has 1 aliphatic rings. The largest absolute Gasteiger partial charge is 0.481 e. The molecule has 1 N–H and O–H groups in total. The molecule has 7 nitrogen and oxygen atoms in total. The van der Waals surface area contributed by atoms with E-state index < -0.39 is 12.1 Å². The van der Waals surface area contributed by atoms with E-state index in [0.29, 0.717) is 33.4 Å². The van der Waals surface area contributed by atoms with Crippen LogP contribution in [0.3, 0.4) is 0 Å². The minimum Gasteiger partial charge on any atom is -0.481 e. The van der Waals surface area contributed by atoms with Crippen LogP contribution in [0, 0.1) is 5.92 Å². The van der Waals surface area contributed by atoms with Crippen molar-refractivity contribution in [1.29, 1.82) is 0 Å². The molecule has 146 valence electrons. The third-order valence-electron chi connectivity index (χ3n) is 5.03. The molecule has 0 amide bonds. The molecule has 0 aliphatic heterocycles. The number of methoxy groups -OCH3 is 1. The van der Waals surface area contributed by atoms with Gasteiger partial charge in [-0.15, -0.1) is 11.3 Å². The van der Waals surface area contributed by atoms with Crippen molar-refractivity contribution >= 4 is 27.5 Å². The Morgan fingerprint density at radius 2 is 2.21 bits per heavy atom. The van der Waals surface area contributed by atoms with Crippen molar-refractivity contribution in [3.63, 3.8) is 0 Å². The van der Waals surface area contributed by atoms with E-state index in [1.807, 2.05) is 0 Å². The van der Waals surface area contributed by atoms with Crippen LogP contribution in [0.5, 0.6) is 5.88 Å². The lowest BCUT2D eigenvalue weighted by Gasteiger charge is -2.17. The number of carbonyl (C=O) groups is 1. The molecule has 1 aliphatic carbocycles. The highest BCUT2D eigenvalue weighted by Gasteiger charge is 2.24. The summed E-state index contributed by atoms with van der Waals surface area (Å²) in [6.45, 7) is 3.92. The average Bonchev–Trinajstić information content (AvgIpc) is 3.05. The molecule has 0 saturated heterocycles. The van der Waals surface area contributed by atoms with Crippen LogP contribution in [0.15, 0.2) is 23.1 Å². The van der Waals surface area contributed by atoms with Crippen molar-refractivity contribution in [1.82, 2.24) is 15.0 Å². The number of H-pyrrole nitrogens is 1. The number of carbonyl (C=O) groups excluding carboxylic acids is 1. The Kier molecular flexibility index (Phi) is 4.89. The second-order valence-electron chi connectivity index (χ2n) is 7.12. The summed E-state index contributed by atoms with van der Waals surface area (Å²) in [7, 11) is 1.50. The molecule has 0 bridgehead atoms. The molecule has 0 aromatic carbocycles. The number of nitrogens with one attached hydrogen (secondary N) is 1.